The van der Waals surface area contributed by atoms with E-state index in [1.165, 1.54) is 31.1 Å². The maximum atomic E-state index is 12.3. The van der Waals surface area contributed by atoms with Gasteiger partial charge in [-0.25, -0.2) is 19.5 Å². The first-order valence-corrected chi connectivity index (χ1v) is 19.5. The minimum Gasteiger partial charge on any atom is -0.369 e. The Morgan fingerprint density at radius 3 is 2.61 bits per heavy atom. The predicted octanol–water partition coefficient (Wildman–Crippen LogP) is 5.21. The average molecular weight is 750 g/mol. The number of fused-ring (bicyclic) bond motifs is 3. The van der Waals surface area contributed by atoms with E-state index >= 15 is 0 Å². The molecule has 2 bridgehead atoms. The van der Waals surface area contributed by atoms with Gasteiger partial charge in [0.1, 0.15) is 11.7 Å². The molecule has 9 rings (SSSR count). The van der Waals surface area contributed by atoms with Gasteiger partial charge in [-0.05, 0) is 87.6 Å². The molecule has 0 radical (unpaired) electrons. The number of nitrogens with zero attached hydrogens (tertiary/aromatic N) is 11. The third-order valence-corrected chi connectivity index (χ3v) is 12.7. The fraction of sp³-hybridized carbons (Fsp3) is 0.439. The number of benzene rings is 1. The van der Waals surface area contributed by atoms with E-state index in [2.05, 4.69) is 58.8 Å². The lowest BCUT2D eigenvalue weighted by Gasteiger charge is -2.38. The molecule has 4 fully saturated rings. The van der Waals surface area contributed by atoms with Crippen LogP contribution in [0.25, 0.3) is 27.4 Å². The molecule has 4 aliphatic rings. The highest BCUT2D eigenvalue weighted by Gasteiger charge is 2.55. The van der Waals surface area contributed by atoms with Crippen molar-refractivity contribution >= 4 is 39.9 Å². The molecule has 2 aliphatic heterocycles. The summed E-state index contributed by atoms with van der Waals surface area (Å²) in [6, 6.07) is 13.7. The van der Waals surface area contributed by atoms with Gasteiger partial charge in [0.2, 0.25) is 17.5 Å². The van der Waals surface area contributed by atoms with Gasteiger partial charge in [0.15, 0.2) is 11.5 Å². The molecule has 2 atom stereocenters. The SMILES string of the molecule is [C-]#[N+]c1cnc2c(cnn2-c2cc(N[C@H](C)C#N)c(-n3cc(C45CCC(CCN6CCN(c7ccc(C8CCC(=O)NC8=O)cc7)CC6)(CC4)C5)nn3)cn2)c1. The largest absolute Gasteiger partial charge is 0.369 e. The molecule has 56 heavy (non-hydrogen) atoms. The number of hydrogen-bond acceptors (Lipinski definition) is 11. The lowest BCUT2D eigenvalue weighted by molar-refractivity contribution is -0.134. The molecule has 2 saturated heterocycles. The molecule has 1 unspecified atom stereocenters. The van der Waals surface area contributed by atoms with Gasteiger partial charge in [-0.2, -0.15) is 15.0 Å². The molecule has 15 heteroatoms. The summed E-state index contributed by atoms with van der Waals surface area (Å²) in [5.41, 5.74) is 5.91. The Labute approximate surface area is 324 Å². The third-order valence-electron chi connectivity index (χ3n) is 12.7. The molecule has 1 aromatic carbocycles. The monoisotopic (exact) mass is 749 g/mol. The minimum absolute atomic E-state index is 0.0156. The molecule has 2 amide bonds. The van der Waals surface area contributed by atoms with Crippen LogP contribution >= 0.6 is 0 Å². The second-order valence-electron chi connectivity index (χ2n) is 16.0. The third kappa shape index (κ3) is 6.51. The molecule has 284 valence electrons. The lowest BCUT2D eigenvalue weighted by atomic mass is 9.79. The Kier molecular flexibility index (Phi) is 8.97. The van der Waals surface area contributed by atoms with Gasteiger partial charge >= 0.3 is 0 Å². The number of anilines is 2. The van der Waals surface area contributed by atoms with Crippen molar-refractivity contribution in [2.75, 3.05) is 42.9 Å². The summed E-state index contributed by atoms with van der Waals surface area (Å²) in [6.07, 6.45) is 14.8. The van der Waals surface area contributed by atoms with E-state index in [-0.39, 0.29) is 23.1 Å². The second kappa shape index (κ2) is 14.1. The zero-order valence-corrected chi connectivity index (χ0v) is 31.4. The highest BCUT2D eigenvalue weighted by molar-refractivity contribution is 6.01. The van der Waals surface area contributed by atoms with Crippen molar-refractivity contribution in [2.45, 2.75) is 75.7 Å². The highest BCUT2D eigenvalue weighted by Crippen LogP contribution is 2.63. The van der Waals surface area contributed by atoms with Crippen LogP contribution < -0.4 is 15.5 Å². The average Bonchev–Trinajstić information content (AvgIpc) is 4.04. The maximum Gasteiger partial charge on any atom is 0.234 e. The Balaban J connectivity index is 0.838. The number of carbonyl (C=O) groups is 2. The fourth-order valence-corrected chi connectivity index (χ4v) is 9.45. The summed E-state index contributed by atoms with van der Waals surface area (Å²) >= 11 is 0. The van der Waals surface area contributed by atoms with Crippen LogP contribution in [0.2, 0.25) is 0 Å². The van der Waals surface area contributed by atoms with Gasteiger partial charge in [-0.1, -0.05) is 17.3 Å². The highest BCUT2D eigenvalue weighted by atomic mass is 16.2. The first kappa shape index (κ1) is 35.5. The molecule has 4 aromatic heterocycles. The van der Waals surface area contributed by atoms with E-state index in [1.54, 1.807) is 34.7 Å². The molecule has 6 heterocycles. The van der Waals surface area contributed by atoms with Crippen molar-refractivity contribution in [1.29, 1.82) is 5.26 Å². The normalized spacial score (nSPS) is 24.2. The van der Waals surface area contributed by atoms with Crippen molar-refractivity contribution < 1.29 is 9.59 Å². The number of nitriles is 1. The van der Waals surface area contributed by atoms with Gasteiger partial charge in [-0.3, -0.25) is 19.8 Å². The van der Waals surface area contributed by atoms with Gasteiger partial charge in [-0.15, -0.1) is 5.10 Å². The van der Waals surface area contributed by atoms with E-state index < -0.39 is 6.04 Å². The summed E-state index contributed by atoms with van der Waals surface area (Å²) in [6.45, 7) is 14.2. The van der Waals surface area contributed by atoms with Crippen molar-refractivity contribution in [2.24, 2.45) is 5.41 Å². The van der Waals surface area contributed by atoms with Gasteiger partial charge in [0, 0.05) is 61.4 Å². The van der Waals surface area contributed by atoms with E-state index in [0.717, 1.165) is 68.6 Å². The molecule has 0 spiro atoms. The summed E-state index contributed by atoms with van der Waals surface area (Å²) in [4.78, 5) is 41.6. The zero-order valence-electron chi connectivity index (χ0n) is 31.4. The van der Waals surface area contributed by atoms with Crippen LogP contribution in [0, 0.1) is 23.3 Å². The van der Waals surface area contributed by atoms with Crippen molar-refractivity contribution in [3.63, 3.8) is 0 Å². The van der Waals surface area contributed by atoms with Gasteiger partial charge in [0.25, 0.3) is 0 Å². The first-order chi connectivity index (χ1) is 27.2. The molecule has 2 N–H and O–H groups in total. The minimum atomic E-state index is -0.467. The van der Waals surface area contributed by atoms with E-state index in [4.69, 9.17) is 16.7 Å². The van der Waals surface area contributed by atoms with E-state index in [1.807, 2.05) is 24.4 Å². The summed E-state index contributed by atoms with van der Waals surface area (Å²) in [5, 5.41) is 30.0. The van der Waals surface area contributed by atoms with Gasteiger partial charge < -0.3 is 10.2 Å². The Morgan fingerprint density at radius 2 is 1.86 bits per heavy atom. The molecule has 5 aromatic rings. The molecule has 2 aliphatic carbocycles. The van der Waals surface area contributed by atoms with E-state index in [0.29, 0.717) is 46.8 Å². The standard InChI is InChI=1S/C41H43N13O2/c1-27(21-42)47-33-20-36(54-38-29(22-46-54)19-30(43-2)23-45-38)44-24-34(33)53-25-35(49-50-53)41-11-9-40(26-41,10-12-41)13-14-51-15-17-52(18-16-51)31-5-3-28(4-6-31)32-7-8-37(55)48-39(32)56/h3-6,19-20,22-25,27,32H,7-18,26H2,1H3,(H,44,47)(H,48,55,56)/t27-,32?,40?,41?/m1/s1. The molecule has 15 nitrogen and oxygen atoms in total. The number of piperazine rings is 1. The van der Waals surface area contributed by atoms with Crippen molar-refractivity contribution in [3.05, 3.63) is 83.9 Å². The molecular formula is C41H43N13O2. The number of amides is 2. The quantitative estimate of drug-likeness (QED) is 0.142. The summed E-state index contributed by atoms with van der Waals surface area (Å²) < 4.78 is 3.40. The fourth-order valence-electron chi connectivity index (χ4n) is 9.45. The number of pyridine rings is 2. The number of nitrogens with one attached hydrogen (secondary N) is 2. The van der Waals surface area contributed by atoms with Crippen LogP contribution in [0.3, 0.4) is 0 Å². The van der Waals surface area contributed by atoms with Crippen molar-refractivity contribution in [1.82, 2.24) is 45.0 Å². The zero-order chi connectivity index (χ0) is 38.4. The second-order valence-corrected chi connectivity index (χ2v) is 16.0. The Hall–Kier alpha value is -6.19. The number of hydrogen-bond donors (Lipinski definition) is 2. The number of piperidine rings is 1. The summed E-state index contributed by atoms with van der Waals surface area (Å²) in [7, 11) is 0. The van der Waals surface area contributed by atoms with E-state index in [9.17, 15) is 14.9 Å². The van der Waals surface area contributed by atoms with Gasteiger partial charge in [0.05, 0.1) is 48.5 Å². The van der Waals surface area contributed by atoms with Crippen LogP contribution in [-0.4, -0.2) is 90.2 Å². The van der Waals surface area contributed by atoms with Crippen LogP contribution in [0.1, 0.15) is 75.5 Å². The summed E-state index contributed by atoms with van der Waals surface area (Å²) in [5.74, 6) is -0.107. The number of carbonyl (C=O) groups excluding carboxylic acids is 2. The topological polar surface area (TPSA) is 167 Å². The van der Waals surface area contributed by atoms with Crippen LogP contribution in [0.15, 0.2) is 61.2 Å². The number of rotatable bonds is 10. The molecule has 2 saturated carbocycles. The van der Waals surface area contributed by atoms with Crippen LogP contribution in [0.4, 0.5) is 17.1 Å². The Morgan fingerprint density at radius 1 is 1.05 bits per heavy atom. The molecular weight excluding hydrogens is 707 g/mol. The smallest absolute Gasteiger partial charge is 0.234 e. The Bertz CT molecular complexity index is 2390. The first-order valence-electron chi connectivity index (χ1n) is 19.5. The number of aromatic nitrogens is 7. The predicted molar refractivity (Wildman–Crippen MR) is 209 cm³/mol. The van der Waals surface area contributed by atoms with Crippen LogP contribution in [0.5, 0.6) is 0 Å². The number of imide groups is 1. The maximum absolute atomic E-state index is 12.3. The van der Waals surface area contributed by atoms with Crippen molar-refractivity contribution in [3.8, 4) is 17.6 Å². The lowest BCUT2D eigenvalue weighted by Crippen LogP contribution is -2.47. The van der Waals surface area contributed by atoms with Crippen LogP contribution in [-0.2, 0) is 15.0 Å².